The first-order chi connectivity index (χ1) is 12.2. The molecule has 0 spiro atoms. The smallest absolute Gasteiger partial charge is 0.0508 e. The van der Waals surface area contributed by atoms with E-state index < -0.39 is 0 Å². The molecule has 0 saturated heterocycles. The fourth-order valence-electron chi connectivity index (χ4n) is 3.53. The number of halogens is 1. The van der Waals surface area contributed by atoms with E-state index in [1.54, 1.807) is 0 Å². The zero-order valence-corrected chi connectivity index (χ0v) is 17.3. The lowest BCUT2D eigenvalue weighted by Gasteiger charge is -2.10. The zero-order chi connectivity index (χ0) is 17.8. The number of benzene rings is 2. The van der Waals surface area contributed by atoms with Gasteiger partial charge in [-0.2, -0.15) is 0 Å². The Morgan fingerprint density at radius 1 is 1.08 bits per heavy atom. The van der Waals surface area contributed by atoms with Crippen LogP contribution in [0.15, 0.2) is 42.5 Å². The van der Waals surface area contributed by atoms with E-state index in [9.17, 15) is 0 Å². The van der Waals surface area contributed by atoms with Crippen molar-refractivity contribution in [1.29, 1.82) is 0 Å². The minimum atomic E-state index is 0.557. The van der Waals surface area contributed by atoms with E-state index in [-0.39, 0.29) is 0 Å². The summed E-state index contributed by atoms with van der Waals surface area (Å²) in [6, 6.07) is 15.4. The van der Waals surface area contributed by atoms with Gasteiger partial charge in [0.05, 0.1) is 5.69 Å². The first kappa shape index (κ1) is 18.5. The number of aryl methyl sites for hydroxylation is 1. The largest absolute Gasteiger partial charge is 0.354 e. The highest BCUT2D eigenvalue weighted by Gasteiger charge is 2.18. The molecule has 0 bridgehead atoms. The molecule has 1 unspecified atom stereocenters. The maximum Gasteiger partial charge on any atom is 0.0508 e. The number of para-hydroxylation sites is 1. The number of H-pyrrole nitrogens is 1. The van der Waals surface area contributed by atoms with Crippen molar-refractivity contribution in [2.75, 3.05) is 6.54 Å². The maximum atomic E-state index is 5.73. The van der Waals surface area contributed by atoms with Gasteiger partial charge in [0.25, 0.3) is 0 Å². The summed E-state index contributed by atoms with van der Waals surface area (Å²) >= 11 is 2.44. The van der Waals surface area contributed by atoms with Gasteiger partial charge in [0, 0.05) is 20.0 Å². The Balaban J connectivity index is 2.20. The Morgan fingerprint density at radius 3 is 2.60 bits per heavy atom. The molecule has 3 aromatic rings. The number of unbranched alkanes of at least 4 members (excludes halogenated alkanes) is 1. The van der Waals surface area contributed by atoms with Crippen LogP contribution in [-0.2, 0) is 6.42 Å². The lowest BCUT2D eigenvalue weighted by atomic mass is 9.94. The third-order valence-electron chi connectivity index (χ3n) is 5.14. The highest BCUT2D eigenvalue weighted by molar-refractivity contribution is 14.1. The monoisotopic (exact) mass is 446 g/mol. The molecule has 0 aliphatic heterocycles. The number of nitrogens with one attached hydrogen (secondary N) is 1. The molecule has 0 fully saturated rings. The van der Waals surface area contributed by atoms with E-state index in [0.717, 1.165) is 32.2 Å². The van der Waals surface area contributed by atoms with Crippen LogP contribution in [0.2, 0.25) is 0 Å². The first-order valence-corrected chi connectivity index (χ1v) is 10.3. The molecule has 1 heterocycles. The second-order valence-corrected chi connectivity index (χ2v) is 7.95. The van der Waals surface area contributed by atoms with Crippen LogP contribution in [0.5, 0.6) is 0 Å². The third-order valence-corrected chi connectivity index (χ3v) is 6.08. The molecule has 0 radical (unpaired) electrons. The zero-order valence-electron chi connectivity index (χ0n) is 15.1. The first-order valence-electron chi connectivity index (χ1n) is 9.25. The number of hydrogen-bond acceptors (Lipinski definition) is 1. The summed E-state index contributed by atoms with van der Waals surface area (Å²) in [5, 5.41) is 1.38. The summed E-state index contributed by atoms with van der Waals surface area (Å²) in [5.41, 5.74) is 12.5. The summed E-state index contributed by atoms with van der Waals surface area (Å²) < 4.78 is 1.29. The van der Waals surface area contributed by atoms with Crippen molar-refractivity contribution in [3.63, 3.8) is 0 Å². The molecule has 0 saturated carbocycles. The summed E-state index contributed by atoms with van der Waals surface area (Å²) in [6.45, 7) is 5.34. The minimum absolute atomic E-state index is 0.557. The standard InChI is InChI=1S/C22H27IN2/c1-3-15(2)16-11-8-12-18-17(9-6-7-14-24)22(25-21(16)18)19-10-4-5-13-20(19)23/h4-5,8,10-13,15,25H,3,6-7,9,14,24H2,1-2H3. The maximum absolute atomic E-state index is 5.73. The fraction of sp³-hybridized carbons (Fsp3) is 0.364. The van der Waals surface area contributed by atoms with Gasteiger partial charge in [0.1, 0.15) is 0 Å². The third kappa shape index (κ3) is 3.77. The van der Waals surface area contributed by atoms with Crippen LogP contribution in [0, 0.1) is 3.57 Å². The van der Waals surface area contributed by atoms with E-state index >= 15 is 0 Å². The molecule has 0 aliphatic rings. The number of aromatic amines is 1. The Morgan fingerprint density at radius 2 is 1.88 bits per heavy atom. The molecule has 0 amide bonds. The van der Waals surface area contributed by atoms with Crippen LogP contribution < -0.4 is 5.73 Å². The SMILES string of the molecule is CCC(C)c1cccc2c(CCCCN)c(-c3ccccc3I)[nH]c12. The molecule has 2 aromatic carbocycles. The quantitative estimate of drug-likeness (QED) is 0.328. The topological polar surface area (TPSA) is 41.8 Å². The molecule has 0 aliphatic carbocycles. The molecule has 132 valence electrons. The molecule has 1 atom stereocenters. The Bertz CT molecular complexity index is 850. The average molecular weight is 446 g/mol. The normalized spacial score (nSPS) is 12.6. The van der Waals surface area contributed by atoms with Gasteiger partial charge in [-0.1, -0.05) is 50.2 Å². The average Bonchev–Trinajstić information content (AvgIpc) is 3.00. The van der Waals surface area contributed by atoms with Gasteiger partial charge < -0.3 is 10.7 Å². The molecule has 2 nitrogen and oxygen atoms in total. The lowest BCUT2D eigenvalue weighted by Crippen LogP contribution is -1.99. The molecule has 3 heteroatoms. The van der Waals surface area contributed by atoms with Gasteiger partial charge in [0.15, 0.2) is 0 Å². The van der Waals surface area contributed by atoms with E-state index in [1.807, 2.05) is 0 Å². The predicted octanol–water partition coefficient (Wildman–Crippen LogP) is 6.23. The molecular weight excluding hydrogens is 419 g/mol. The van der Waals surface area contributed by atoms with Crippen molar-refractivity contribution in [3.8, 4) is 11.3 Å². The molecular formula is C22H27IN2. The summed E-state index contributed by atoms with van der Waals surface area (Å²) in [4.78, 5) is 3.80. The van der Waals surface area contributed by atoms with Crippen LogP contribution in [0.25, 0.3) is 22.2 Å². The summed E-state index contributed by atoms with van der Waals surface area (Å²) in [7, 11) is 0. The van der Waals surface area contributed by atoms with Crippen molar-refractivity contribution in [2.45, 2.75) is 45.4 Å². The second-order valence-electron chi connectivity index (χ2n) is 6.78. The van der Waals surface area contributed by atoms with Crippen LogP contribution in [-0.4, -0.2) is 11.5 Å². The Kier molecular flexibility index (Phi) is 6.18. The fourth-order valence-corrected chi connectivity index (χ4v) is 4.18. The van der Waals surface area contributed by atoms with Crippen molar-refractivity contribution >= 4 is 33.5 Å². The van der Waals surface area contributed by atoms with Crippen molar-refractivity contribution < 1.29 is 0 Å². The Labute approximate surface area is 164 Å². The van der Waals surface area contributed by atoms with Crippen LogP contribution >= 0.6 is 22.6 Å². The van der Waals surface area contributed by atoms with Gasteiger partial charge in [-0.15, -0.1) is 0 Å². The summed E-state index contributed by atoms with van der Waals surface area (Å²) in [6.07, 6.45) is 4.43. The van der Waals surface area contributed by atoms with Gasteiger partial charge >= 0.3 is 0 Å². The predicted molar refractivity (Wildman–Crippen MR) is 117 cm³/mol. The second kappa shape index (κ2) is 8.37. The van der Waals surface area contributed by atoms with E-state index in [0.29, 0.717) is 5.92 Å². The van der Waals surface area contributed by atoms with E-state index in [1.165, 1.54) is 36.9 Å². The molecule has 3 rings (SSSR count). The molecule has 25 heavy (non-hydrogen) atoms. The number of aromatic nitrogens is 1. The molecule has 3 N–H and O–H groups in total. The number of hydrogen-bond donors (Lipinski definition) is 2. The Hall–Kier alpha value is -1.33. The van der Waals surface area contributed by atoms with Gasteiger partial charge in [-0.05, 0) is 77.9 Å². The number of fused-ring (bicyclic) bond motifs is 1. The van der Waals surface area contributed by atoms with E-state index in [4.69, 9.17) is 5.73 Å². The van der Waals surface area contributed by atoms with Crippen LogP contribution in [0.1, 0.15) is 50.2 Å². The van der Waals surface area contributed by atoms with Gasteiger partial charge in [-0.25, -0.2) is 0 Å². The van der Waals surface area contributed by atoms with Gasteiger partial charge in [0.2, 0.25) is 0 Å². The number of rotatable bonds is 7. The van der Waals surface area contributed by atoms with Crippen molar-refractivity contribution in [3.05, 3.63) is 57.2 Å². The molecule has 1 aromatic heterocycles. The summed E-state index contributed by atoms with van der Waals surface area (Å²) in [5.74, 6) is 0.557. The van der Waals surface area contributed by atoms with Crippen LogP contribution in [0.4, 0.5) is 0 Å². The van der Waals surface area contributed by atoms with Crippen LogP contribution in [0.3, 0.4) is 0 Å². The van der Waals surface area contributed by atoms with Crippen molar-refractivity contribution in [1.82, 2.24) is 4.98 Å². The highest BCUT2D eigenvalue weighted by atomic mass is 127. The number of nitrogens with two attached hydrogens (primary N) is 1. The lowest BCUT2D eigenvalue weighted by molar-refractivity contribution is 0.738. The van der Waals surface area contributed by atoms with Gasteiger partial charge in [-0.3, -0.25) is 0 Å². The minimum Gasteiger partial charge on any atom is -0.354 e. The highest BCUT2D eigenvalue weighted by Crippen LogP contribution is 2.37. The van der Waals surface area contributed by atoms with Crippen molar-refractivity contribution in [2.24, 2.45) is 5.73 Å². The van der Waals surface area contributed by atoms with E-state index in [2.05, 4.69) is 83.9 Å².